The Balaban J connectivity index is 2.03. The lowest BCUT2D eigenvalue weighted by Crippen LogP contribution is -2.41. The average Bonchev–Trinajstić information content (AvgIpc) is 2.96. The number of urea groups is 1. The maximum atomic E-state index is 12.1. The Kier molecular flexibility index (Phi) is 5.92. The standard InChI is InChI=1S/C16H25N5O2/c1-4-12(22)8-9-17-16(23)18-14(11(2)3)15-20-19-13-7-5-6-10-21(13)15/h5-7,10-12,14,22H,4,8-9H2,1-3H3,(H2,17,18,23). The molecule has 7 nitrogen and oxygen atoms in total. The van der Waals surface area contributed by atoms with Crippen molar-refractivity contribution in [3.63, 3.8) is 0 Å². The molecule has 7 heteroatoms. The molecule has 2 unspecified atom stereocenters. The average molecular weight is 319 g/mol. The van der Waals surface area contributed by atoms with Gasteiger partial charge in [-0.1, -0.05) is 26.8 Å². The number of aliphatic hydroxyl groups excluding tert-OH is 1. The highest BCUT2D eigenvalue weighted by atomic mass is 16.3. The third-order valence-corrected chi connectivity index (χ3v) is 3.81. The zero-order valence-electron chi connectivity index (χ0n) is 13.9. The third-order valence-electron chi connectivity index (χ3n) is 3.81. The molecule has 0 radical (unpaired) electrons. The Bertz CT molecular complexity index is 640. The first-order chi connectivity index (χ1) is 11.0. The van der Waals surface area contributed by atoms with Crippen LogP contribution >= 0.6 is 0 Å². The molecule has 2 atom stereocenters. The Morgan fingerprint density at radius 1 is 1.35 bits per heavy atom. The van der Waals surface area contributed by atoms with Gasteiger partial charge in [-0.2, -0.15) is 0 Å². The zero-order chi connectivity index (χ0) is 16.8. The number of hydrogen-bond acceptors (Lipinski definition) is 4. The fourth-order valence-corrected chi connectivity index (χ4v) is 2.35. The van der Waals surface area contributed by atoms with E-state index in [4.69, 9.17) is 0 Å². The maximum Gasteiger partial charge on any atom is 0.315 e. The van der Waals surface area contributed by atoms with Crippen LogP contribution < -0.4 is 10.6 Å². The van der Waals surface area contributed by atoms with Crippen LogP contribution in [0.3, 0.4) is 0 Å². The second-order valence-corrected chi connectivity index (χ2v) is 5.96. The number of nitrogens with zero attached hydrogens (tertiary/aromatic N) is 3. The Hall–Kier alpha value is -2.15. The van der Waals surface area contributed by atoms with E-state index >= 15 is 0 Å². The van der Waals surface area contributed by atoms with Crippen molar-refractivity contribution in [3.8, 4) is 0 Å². The van der Waals surface area contributed by atoms with Crippen LogP contribution in [-0.4, -0.2) is 38.4 Å². The number of rotatable bonds is 7. The lowest BCUT2D eigenvalue weighted by molar-refractivity contribution is 0.159. The summed E-state index contributed by atoms with van der Waals surface area (Å²) in [5.74, 6) is 0.869. The number of nitrogens with one attached hydrogen (secondary N) is 2. The van der Waals surface area contributed by atoms with Gasteiger partial charge in [0.05, 0.1) is 12.1 Å². The van der Waals surface area contributed by atoms with Crippen LogP contribution in [0.5, 0.6) is 0 Å². The summed E-state index contributed by atoms with van der Waals surface area (Å²) in [6, 6.07) is 5.17. The molecule has 0 aliphatic rings. The highest BCUT2D eigenvalue weighted by molar-refractivity contribution is 5.74. The van der Waals surface area contributed by atoms with E-state index in [0.717, 1.165) is 5.65 Å². The molecule has 2 amide bonds. The molecule has 3 N–H and O–H groups in total. The first-order valence-corrected chi connectivity index (χ1v) is 8.05. The van der Waals surface area contributed by atoms with Gasteiger partial charge in [0, 0.05) is 12.7 Å². The van der Waals surface area contributed by atoms with Crippen molar-refractivity contribution in [2.24, 2.45) is 5.92 Å². The first kappa shape index (κ1) is 17.2. The second kappa shape index (κ2) is 7.92. The second-order valence-electron chi connectivity index (χ2n) is 5.96. The van der Waals surface area contributed by atoms with Crippen LogP contribution in [-0.2, 0) is 0 Å². The van der Waals surface area contributed by atoms with Crippen molar-refractivity contribution < 1.29 is 9.90 Å². The molecular formula is C16H25N5O2. The van der Waals surface area contributed by atoms with Gasteiger partial charge in [0.25, 0.3) is 0 Å². The van der Waals surface area contributed by atoms with Gasteiger partial charge in [-0.25, -0.2) is 4.79 Å². The van der Waals surface area contributed by atoms with Crippen LogP contribution in [0.1, 0.15) is 45.5 Å². The van der Waals surface area contributed by atoms with Crippen LogP contribution in [0.25, 0.3) is 5.65 Å². The molecule has 2 aromatic rings. The van der Waals surface area contributed by atoms with Gasteiger partial charge < -0.3 is 15.7 Å². The monoisotopic (exact) mass is 319 g/mol. The molecule has 2 rings (SSSR count). The topological polar surface area (TPSA) is 91.5 Å². The molecule has 0 fully saturated rings. The number of aromatic nitrogens is 3. The molecule has 0 saturated carbocycles. The van der Waals surface area contributed by atoms with Gasteiger partial charge in [0.1, 0.15) is 0 Å². The summed E-state index contributed by atoms with van der Waals surface area (Å²) in [4.78, 5) is 12.1. The number of carbonyl (C=O) groups excluding carboxylic acids is 1. The van der Waals surface area contributed by atoms with Gasteiger partial charge in [-0.05, 0) is 30.9 Å². The summed E-state index contributed by atoms with van der Waals surface area (Å²) >= 11 is 0. The fraction of sp³-hybridized carbons (Fsp3) is 0.562. The van der Waals surface area contributed by atoms with Crippen LogP contribution in [0.4, 0.5) is 4.79 Å². The minimum absolute atomic E-state index is 0.162. The summed E-state index contributed by atoms with van der Waals surface area (Å²) in [6.45, 7) is 6.40. The molecule has 0 bridgehead atoms. The summed E-state index contributed by atoms with van der Waals surface area (Å²) in [5.41, 5.74) is 0.751. The highest BCUT2D eigenvalue weighted by Gasteiger charge is 2.23. The van der Waals surface area contributed by atoms with E-state index in [0.29, 0.717) is 25.2 Å². The van der Waals surface area contributed by atoms with E-state index in [2.05, 4.69) is 20.8 Å². The molecule has 0 aliphatic heterocycles. The minimum atomic E-state index is -0.378. The van der Waals surface area contributed by atoms with Crippen molar-refractivity contribution in [1.82, 2.24) is 25.2 Å². The molecule has 0 spiro atoms. The van der Waals surface area contributed by atoms with Crippen molar-refractivity contribution in [2.75, 3.05) is 6.54 Å². The van der Waals surface area contributed by atoms with Gasteiger partial charge in [0.15, 0.2) is 11.5 Å². The summed E-state index contributed by atoms with van der Waals surface area (Å²) in [7, 11) is 0. The maximum absolute atomic E-state index is 12.1. The quantitative estimate of drug-likeness (QED) is 0.727. The molecule has 0 aromatic carbocycles. The number of aliphatic hydroxyl groups is 1. The molecule has 0 aliphatic carbocycles. The Morgan fingerprint density at radius 3 is 2.83 bits per heavy atom. The normalized spacial score (nSPS) is 14.0. The van der Waals surface area contributed by atoms with E-state index in [1.807, 2.05) is 49.6 Å². The van der Waals surface area contributed by atoms with Crippen LogP contribution in [0.15, 0.2) is 24.4 Å². The zero-order valence-corrected chi connectivity index (χ0v) is 13.9. The predicted octanol–water partition coefficient (Wildman–Crippen LogP) is 1.89. The number of pyridine rings is 1. The van der Waals surface area contributed by atoms with Crippen LogP contribution in [0.2, 0.25) is 0 Å². The van der Waals surface area contributed by atoms with Crippen molar-refractivity contribution in [1.29, 1.82) is 0 Å². The number of amides is 2. The Labute approximate surface area is 136 Å². The number of carbonyl (C=O) groups is 1. The number of hydrogen-bond donors (Lipinski definition) is 3. The van der Waals surface area contributed by atoms with Gasteiger partial charge in [-0.3, -0.25) is 4.40 Å². The summed E-state index contributed by atoms with van der Waals surface area (Å²) in [5, 5.41) is 23.6. The van der Waals surface area contributed by atoms with E-state index in [-0.39, 0.29) is 24.1 Å². The van der Waals surface area contributed by atoms with E-state index < -0.39 is 0 Å². The SMILES string of the molecule is CCC(O)CCNC(=O)NC(c1nnc2ccccn12)C(C)C. The van der Waals surface area contributed by atoms with Gasteiger partial charge in [-0.15, -0.1) is 10.2 Å². The molecule has 126 valence electrons. The molecule has 0 saturated heterocycles. The summed E-state index contributed by atoms with van der Waals surface area (Å²) < 4.78 is 1.88. The van der Waals surface area contributed by atoms with E-state index in [9.17, 15) is 9.90 Å². The van der Waals surface area contributed by atoms with Crippen molar-refractivity contribution in [2.45, 2.75) is 45.8 Å². The first-order valence-electron chi connectivity index (χ1n) is 8.05. The van der Waals surface area contributed by atoms with Crippen molar-refractivity contribution in [3.05, 3.63) is 30.2 Å². The van der Waals surface area contributed by atoms with Gasteiger partial charge >= 0.3 is 6.03 Å². The molecular weight excluding hydrogens is 294 g/mol. The third kappa shape index (κ3) is 4.41. The lowest BCUT2D eigenvalue weighted by Gasteiger charge is -2.21. The molecule has 2 heterocycles. The molecule has 23 heavy (non-hydrogen) atoms. The molecule has 2 aromatic heterocycles. The number of fused-ring (bicyclic) bond motifs is 1. The van der Waals surface area contributed by atoms with E-state index in [1.54, 1.807) is 0 Å². The highest BCUT2D eigenvalue weighted by Crippen LogP contribution is 2.20. The van der Waals surface area contributed by atoms with Crippen molar-refractivity contribution >= 4 is 11.7 Å². The summed E-state index contributed by atoms with van der Waals surface area (Å²) in [6.07, 6.45) is 2.74. The largest absolute Gasteiger partial charge is 0.393 e. The van der Waals surface area contributed by atoms with E-state index in [1.165, 1.54) is 0 Å². The smallest absolute Gasteiger partial charge is 0.315 e. The minimum Gasteiger partial charge on any atom is -0.393 e. The fourth-order valence-electron chi connectivity index (χ4n) is 2.35. The Morgan fingerprint density at radius 2 is 2.13 bits per heavy atom. The van der Waals surface area contributed by atoms with Gasteiger partial charge in [0.2, 0.25) is 0 Å². The predicted molar refractivity (Wildman–Crippen MR) is 88.0 cm³/mol. The van der Waals surface area contributed by atoms with Crippen LogP contribution in [0, 0.1) is 5.92 Å². The lowest BCUT2D eigenvalue weighted by atomic mass is 10.0.